The fourth-order valence-electron chi connectivity index (χ4n) is 2.34. The van der Waals surface area contributed by atoms with Crippen LogP contribution in [0.2, 0.25) is 0 Å². The summed E-state index contributed by atoms with van der Waals surface area (Å²) in [6.45, 7) is 3.70. The maximum Gasteiger partial charge on any atom is 0.254 e. The fourth-order valence-corrected chi connectivity index (χ4v) is 3.00. The van der Waals surface area contributed by atoms with Gasteiger partial charge in [0.2, 0.25) is 0 Å². The smallest absolute Gasteiger partial charge is 0.254 e. The van der Waals surface area contributed by atoms with Gasteiger partial charge >= 0.3 is 0 Å². The summed E-state index contributed by atoms with van der Waals surface area (Å²) in [4.78, 5) is 14.4. The lowest BCUT2D eigenvalue weighted by molar-refractivity contribution is 0.0706. The molecule has 0 unspecified atom stereocenters. The number of likely N-dealkylation sites (tertiary alicyclic amines) is 1. The number of piperidine rings is 1. The summed E-state index contributed by atoms with van der Waals surface area (Å²) in [5.74, 6) is 0.136. The molecular formula is C14H20BrClN2O. The van der Waals surface area contributed by atoms with Crippen molar-refractivity contribution >= 4 is 34.2 Å². The first kappa shape index (κ1) is 16.5. The highest BCUT2D eigenvalue weighted by molar-refractivity contribution is 9.10. The number of carbonyl (C=O) groups is 1. The quantitative estimate of drug-likeness (QED) is 0.892. The van der Waals surface area contributed by atoms with Gasteiger partial charge in [0.15, 0.2) is 0 Å². The first-order valence-corrected chi connectivity index (χ1v) is 7.14. The molecule has 1 N–H and O–H groups in total. The van der Waals surface area contributed by atoms with E-state index >= 15 is 0 Å². The molecule has 5 heteroatoms. The maximum atomic E-state index is 12.4. The third-order valence-corrected chi connectivity index (χ3v) is 4.20. The Balaban J connectivity index is 0.00000180. The molecule has 1 aromatic carbocycles. The number of aryl methyl sites for hydroxylation is 1. The monoisotopic (exact) mass is 346 g/mol. The van der Waals surface area contributed by atoms with Crippen molar-refractivity contribution < 1.29 is 4.79 Å². The molecule has 0 radical (unpaired) electrons. The summed E-state index contributed by atoms with van der Waals surface area (Å²) >= 11 is 3.48. The van der Waals surface area contributed by atoms with Crippen molar-refractivity contribution in [2.45, 2.75) is 25.8 Å². The van der Waals surface area contributed by atoms with Crippen molar-refractivity contribution in [3.05, 3.63) is 33.8 Å². The molecular weight excluding hydrogens is 328 g/mol. The van der Waals surface area contributed by atoms with Gasteiger partial charge in [0.1, 0.15) is 0 Å². The number of amides is 1. The number of hydrogen-bond acceptors (Lipinski definition) is 2. The van der Waals surface area contributed by atoms with Crippen LogP contribution < -0.4 is 5.32 Å². The Morgan fingerprint density at radius 2 is 2.00 bits per heavy atom. The van der Waals surface area contributed by atoms with Crippen LogP contribution in [0.3, 0.4) is 0 Å². The number of carbonyl (C=O) groups excluding carboxylic acids is 1. The van der Waals surface area contributed by atoms with E-state index in [4.69, 9.17) is 0 Å². The molecule has 0 atom stereocenters. The topological polar surface area (TPSA) is 32.3 Å². The second-order valence-corrected chi connectivity index (χ2v) is 5.69. The van der Waals surface area contributed by atoms with Crippen LogP contribution in [0.5, 0.6) is 0 Å². The fraction of sp³-hybridized carbons (Fsp3) is 0.500. The van der Waals surface area contributed by atoms with Crippen LogP contribution in [0.1, 0.15) is 28.8 Å². The minimum absolute atomic E-state index is 0. The van der Waals surface area contributed by atoms with Crippen molar-refractivity contribution in [3.8, 4) is 0 Å². The van der Waals surface area contributed by atoms with E-state index in [0.717, 1.165) is 41.5 Å². The summed E-state index contributed by atoms with van der Waals surface area (Å²) < 4.78 is 0.892. The van der Waals surface area contributed by atoms with E-state index in [1.54, 1.807) is 0 Å². The highest BCUT2D eigenvalue weighted by Crippen LogP contribution is 2.21. The number of halogens is 2. The number of rotatable bonds is 2. The van der Waals surface area contributed by atoms with Gasteiger partial charge in [0.05, 0.1) is 5.56 Å². The van der Waals surface area contributed by atoms with Crippen molar-refractivity contribution in [2.24, 2.45) is 0 Å². The largest absolute Gasteiger partial charge is 0.338 e. The average Bonchev–Trinajstić information content (AvgIpc) is 2.38. The molecule has 1 aromatic rings. The molecule has 1 aliphatic rings. The molecule has 1 fully saturated rings. The summed E-state index contributed by atoms with van der Waals surface area (Å²) in [5.41, 5.74) is 1.93. The van der Waals surface area contributed by atoms with E-state index in [1.165, 1.54) is 0 Å². The van der Waals surface area contributed by atoms with Crippen molar-refractivity contribution in [1.82, 2.24) is 10.2 Å². The summed E-state index contributed by atoms with van der Waals surface area (Å²) in [6.07, 6.45) is 2.07. The highest BCUT2D eigenvalue weighted by atomic mass is 79.9. The van der Waals surface area contributed by atoms with Gasteiger partial charge in [0, 0.05) is 23.6 Å². The zero-order valence-corrected chi connectivity index (χ0v) is 13.7. The minimum atomic E-state index is 0. The highest BCUT2D eigenvalue weighted by Gasteiger charge is 2.23. The van der Waals surface area contributed by atoms with E-state index in [9.17, 15) is 4.79 Å². The Morgan fingerprint density at radius 3 is 2.53 bits per heavy atom. The Bertz CT molecular complexity index is 445. The van der Waals surface area contributed by atoms with Gasteiger partial charge in [-0.25, -0.2) is 0 Å². The Kier molecular flexibility index (Phi) is 6.30. The molecule has 3 nitrogen and oxygen atoms in total. The van der Waals surface area contributed by atoms with Crippen LogP contribution in [0.4, 0.5) is 0 Å². The first-order chi connectivity index (χ1) is 8.61. The van der Waals surface area contributed by atoms with Gasteiger partial charge in [0.25, 0.3) is 5.91 Å². The van der Waals surface area contributed by atoms with Crippen LogP contribution in [0, 0.1) is 6.92 Å². The molecule has 1 saturated heterocycles. The number of benzene rings is 1. The van der Waals surface area contributed by atoms with E-state index < -0.39 is 0 Å². The van der Waals surface area contributed by atoms with Gasteiger partial charge in [-0.2, -0.15) is 0 Å². The molecule has 19 heavy (non-hydrogen) atoms. The van der Waals surface area contributed by atoms with E-state index in [-0.39, 0.29) is 18.3 Å². The molecule has 2 rings (SSSR count). The Labute approximate surface area is 129 Å². The van der Waals surface area contributed by atoms with Crippen molar-refractivity contribution in [2.75, 3.05) is 20.1 Å². The predicted octanol–water partition coefficient (Wildman–Crippen LogP) is 3.00. The van der Waals surface area contributed by atoms with Crippen molar-refractivity contribution in [3.63, 3.8) is 0 Å². The normalized spacial score (nSPS) is 16.1. The Morgan fingerprint density at radius 1 is 1.37 bits per heavy atom. The van der Waals surface area contributed by atoms with Gasteiger partial charge in [-0.15, -0.1) is 12.4 Å². The lowest BCUT2D eigenvalue weighted by Crippen LogP contribution is -2.44. The number of hydrogen-bond donors (Lipinski definition) is 1. The first-order valence-electron chi connectivity index (χ1n) is 6.34. The summed E-state index contributed by atoms with van der Waals surface area (Å²) in [7, 11) is 1.98. The van der Waals surface area contributed by atoms with Gasteiger partial charge in [-0.3, -0.25) is 4.79 Å². The second kappa shape index (κ2) is 7.27. The summed E-state index contributed by atoms with van der Waals surface area (Å²) in [5, 5.41) is 3.27. The zero-order chi connectivity index (χ0) is 13.1. The molecule has 1 amide bonds. The third-order valence-electron chi connectivity index (χ3n) is 3.55. The van der Waals surface area contributed by atoms with E-state index in [2.05, 4.69) is 21.2 Å². The SMILES string of the molecule is CNC1CCN(C(=O)c2ccc(C)cc2Br)CC1.Cl. The van der Waals surface area contributed by atoms with Crippen LogP contribution in [0.25, 0.3) is 0 Å². The van der Waals surface area contributed by atoms with Crippen LogP contribution in [0.15, 0.2) is 22.7 Å². The zero-order valence-electron chi connectivity index (χ0n) is 11.3. The summed E-state index contributed by atoms with van der Waals surface area (Å²) in [6, 6.07) is 6.44. The molecule has 0 aromatic heterocycles. The van der Waals surface area contributed by atoms with Crippen LogP contribution in [-0.4, -0.2) is 37.0 Å². The van der Waals surface area contributed by atoms with Crippen LogP contribution in [-0.2, 0) is 0 Å². The number of nitrogens with one attached hydrogen (secondary N) is 1. The predicted molar refractivity (Wildman–Crippen MR) is 84.1 cm³/mol. The standard InChI is InChI=1S/C14H19BrN2O.ClH/c1-10-3-4-12(13(15)9-10)14(18)17-7-5-11(16-2)6-8-17;/h3-4,9,11,16H,5-8H2,1-2H3;1H. The van der Waals surface area contributed by atoms with Crippen LogP contribution >= 0.6 is 28.3 Å². The van der Waals surface area contributed by atoms with Crippen molar-refractivity contribution in [1.29, 1.82) is 0 Å². The molecule has 1 aliphatic heterocycles. The van der Waals surface area contributed by atoms with E-state index in [1.807, 2.05) is 37.1 Å². The van der Waals surface area contributed by atoms with Gasteiger partial charge in [-0.1, -0.05) is 6.07 Å². The minimum Gasteiger partial charge on any atom is -0.338 e. The molecule has 106 valence electrons. The molecule has 1 heterocycles. The van der Waals surface area contributed by atoms with E-state index in [0.29, 0.717) is 6.04 Å². The maximum absolute atomic E-state index is 12.4. The molecule has 0 saturated carbocycles. The lowest BCUT2D eigenvalue weighted by atomic mass is 10.0. The molecule has 0 bridgehead atoms. The lowest BCUT2D eigenvalue weighted by Gasteiger charge is -2.32. The van der Waals surface area contributed by atoms with Gasteiger partial charge < -0.3 is 10.2 Å². The third kappa shape index (κ3) is 3.94. The number of nitrogens with zero attached hydrogens (tertiary/aromatic N) is 1. The molecule has 0 aliphatic carbocycles. The molecule has 0 spiro atoms. The second-order valence-electron chi connectivity index (χ2n) is 4.84. The average molecular weight is 348 g/mol. The Hall–Kier alpha value is -0.580. The van der Waals surface area contributed by atoms with Gasteiger partial charge in [-0.05, 0) is 60.4 Å².